The molecule has 0 saturated heterocycles. The van der Waals surface area contributed by atoms with Crippen LogP contribution in [-0.2, 0) is 6.54 Å². The van der Waals surface area contributed by atoms with Crippen molar-refractivity contribution in [2.45, 2.75) is 26.8 Å². The Bertz CT molecular complexity index is 1060. The molecule has 6 heteroatoms. The number of hydrogen-bond acceptors (Lipinski definition) is 4. The first-order chi connectivity index (χ1) is 14.0. The second-order valence-corrected chi connectivity index (χ2v) is 6.92. The number of nitrogens with zero attached hydrogens (tertiary/aromatic N) is 1. The van der Waals surface area contributed by atoms with Crippen molar-refractivity contribution in [1.29, 1.82) is 0 Å². The first kappa shape index (κ1) is 20.6. The molecule has 0 aliphatic carbocycles. The van der Waals surface area contributed by atoms with Gasteiger partial charge in [-0.1, -0.05) is 18.2 Å². The van der Waals surface area contributed by atoms with Gasteiger partial charge in [0.05, 0.1) is 13.2 Å². The van der Waals surface area contributed by atoms with E-state index in [1.165, 1.54) is 0 Å². The molecular weight excluding hydrogens is 368 g/mol. The predicted octanol–water partition coefficient (Wildman–Crippen LogP) is 3.26. The number of aromatic nitrogens is 1. The molecule has 0 aliphatic heterocycles. The van der Waals surface area contributed by atoms with Gasteiger partial charge in [-0.25, -0.2) is 0 Å². The number of aliphatic hydroxyl groups excluding tert-OH is 1. The van der Waals surface area contributed by atoms with E-state index in [1.54, 1.807) is 17.0 Å². The number of aromatic amines is 1. The minimum absolute atomic E-state index is 0.0245. The predicted molar refractivity (Wildman–Crippen MR) is 113 cm³/mol. The number of H-pyrrole nitrogens is 1. The first-order valence-corrected chi connectivity index (χ1v) is 9.78. The quantitative estimate of drug-likeness (QED) is 0.614. The van der Waals surface area contributed by atoms with Gasteiger partial charge >= 0.3 is 0 Å². The molecule has 2 aromatic carbocycles. The summed E-state index contributed by atoms with van der Waals surface area (Å²) in [6.45, 7) is 4.86. The van der Waals surface area contributed by atoms with E-state index in [0.717, 1.165) is 16.7 Å². The van der Waals surface area contributed by atoms with Gasteiger partial charge in [-0.2, -0.15) is 0 Å². The molecule has 0 unspecified atom stereocenters. The minimum atomic E-state index is -0.228. The molecule has 6 nitrogen and oxygen atoms in total. The Morgan fingerprint density at radius 2 is 1.97 bits per heavy atom. The molecule has 0 radical (unpaired) electrons. The van der Waals surface area contributed by atoms with Gasteiger partial charge in [0.15, 0.2) is 0 Å². The van der Waals surface area contributed by atoms with Crippen molar-refractivity contribution in [2.24, 2.45) is 0 Å². The van der Waals surface area contributed by atoms with Crippen LogP contribution in [0.4, 0.5) is 0 Å². The SMILES string of the molecule is CCOc1ccc2[nH]c(=O)c(CN(CCCO)C(=O)c3ccccc3C)cc2c1. The van der Waals surface area contributed by atoms with E-state index in [9.17, 15) is 14.7 Å². The van der Waals surface area contributed by atoms with E-state index in [0.29, 0.717) is 36.2 Å². The molecule has 1 heterocycles. The van der Waals surface area contributed by atoms with Crippen molar-refractivity contribution in [3.63, 3.8) is 0 Å². The summed E-state index contributed by atoms with van der Waals surface area (Å²) >= 11 is 0. The lowest BCUT2D eigenvalue weighted by molar-refractivity contribution is 0.0730. The molecule has 0 bridgehead atoms. The van der Waals surface area contributed by atoms with E-state index in [-0.39, 0.29) is 24.6 Å². The molecule has 1 amide bonds. The third kappa shape index (κ3) is 4.84. The van der Waals surface area contributed by atoms with Gasteiger partial charge in [-0.3, -0.25) is 9.59 Å². The van der Waals surface area contributed by atoms with Crippen LogP contribution < -0.4 is 10.3 Å². The monoisotopic (exact) mass is 394 g/mol. The number of nitrogens with one attached hydrogen (secondary N) is 1. The lowest BCUT2D eigenvalue weighted by Gasteiger charge is -2.23. The van der Waals surface area contributed by atoms with Gasteiger partial charge < -0.3 is 19.7 Å². The fraction of sp³-hybridized carbons (Fsp3) is 0.304. The summed E-state index contributed by atoms with van der Waals surface area (Å²) in [5.74, 6) is 0.574. The van der Waals surface area contributed by atoms with Crippen molar-refractivity contribution >= 4 is 16.8 Å². The van der Waals surface area contributed by atoms with Crippen molar-refractivity contribution < 1.29 is 14.6 Å². The van der Waals surface area contributed by atoms with Crippen LogP contribution in [0.25, 0.3) is 10.9 Å². The maximum Gasteiger partial charge on any atom is 0.254 e. The molecule has 0 aliphatic rings. The Balaban J connectivity index is 1.95. The van der Waals surface area contributed by atoms with Crippen LogP contribution in [-0.4, -0.2) is 40.7 Å². The zero-order valence-electron chi connectivity index (χ0n) is 16.8. The lowest BCUT2D eigenvalue weighted by atomic mass is 10.1. The lowest BCUT2D eigenvalue weighted by Crippen LogP contribution is -2.34. The molecular formula is C23H26N2O4. The fourth-order valence-corrected chi connectivity index (χ4v) is 3.31. The van der Waals surface area contributed by atoms with E-state index in [2.05, 4.69) is 4.98 Å². The number of rotatable bonds is 8. The second kappa shape index (κ2) is 9.39. The van der Waals surface area contributed by atoms with Gasteiger partial charge in [0.25, 0.3) is 11.5 Å². The summed E-state index contributed by atoms with van der Waals surface area (Å²) in [4.78, 5) is 30.2. The van der Waals surface area contributed by atoms with Gasteiger partial charge in [0.2, 0.25) is 0 Å². The Kier molecular flexibility index (Phi) is 6.67. The number of aliphatic hydroxyl groups is 1. The average molecular weight is 394 g/mol. The van der Waals surface area contributed by atoms with Crippen LogP contribution in [0.2, 0.25) is 0 Å². The number of fused-ring (bicyclic) bond motifs is 1. The molecule has 3 aromatic rings. The van der Waals surface area contributed by atoms with Crippen LogP contribution in [0.1, 0.15) is 34.8 Å². The number of aryl methyl sites for hydroxylation is 1. The van der Waals surface area contributed by atoms with Crippen molar-refractivity contribution in [2.75, 3.05) is 19.8 Å². The Morgan fingerprint density at radius 1 is 1.17 bits per heavy atom. The first-order valence-electron chi connectivity index (χ1n) is 9.78. The number of carbonyl (C=O) groups excluding carboxylic acids is 1. The van der Waals surface area contributed by atoms with Crippen LogP contribution in [0.3, 0.4) is 0 Å². The van der Waals surface area contributed by atoms with Gasteiger partial charge in [-0.15, -0.1) is 0 Å². The molecule has 2 N–H and O–H groups in total. The maximum absolute atomic E-state index is 13.1. The van der Waals surface area contributed by atoms with Gasteiger partial charge in [0.1, 0.15) is 5.75 Å². The highest BCUT2D eigenvalue weighted by Crippen LogP contribution is 2.20. The molecule has 152 valence electrons. The average Bonchev–Trinajstić information content (AvgIpc) is 2.71. The number of benzene rings is 2. The zero-order chi connectivity index (χ0) is 20.8. The highest BCUT2D eigenvalue weighted by Gasteiger charge is 2.19. The van der Waals surface area contributed by atoms with Crippen LogP contribution in [0, 0.1) is 6.92 Å². The number of amides is 1. The highest BCUT2D eigenvalue weighted by atomic mass is 16.5. The van der Waals surface area contributed by atoms with Crippen LogP contribution >= 0.6 is 0 Å². The normalized spacial score (nSPS) is 10.9. The molecule has 1 aromatic heterocycles. The Hall–Kier alpha value is -3.12. The van der Waals surface area contributed by atoms with E-state index >= 15 is 0 Å². The van der Waals surface area contributed by atoms with Gasteiger partial charge in [-0.05, 0) is 56.2 Å². The fourth-order valence-electron chi connectivity index (χ4n) is 3.31. The second-order valence-electron chi connectivity index (χ2n) is 6.92. The number of carbonyl (C=O) groups is 1. The summed E-state index contributed by atoms with van der Waals surface area (Å²) in [6.07, 6.45) is 0.442. The summed E-state index contributed by atoms with van der Waals surface area (Å²) in [5.41, 5.74) is 2.45. The summed E-state index contributed by atoms with van der Waals surface area (Å²) < 4.78 is 5.54. The zero-order valence-corrected chi connectivity index (χ0v) is 16.8. The largest absolute Gasteiger partial charge is 0.494 e. The van der Waals surface area contributed by atoms with Crippen LogP contribution in [0.5, 0.6) is 5.75 Å². The summed E-state index contributed by atoms with van der Waals surface area (Å²) in [5, 5.41) is 10.1. The summed E-state index contributed by atoms with van der Waals surface area (Å²) in [7, 11) is 0. The molecule has 0 fully saturated rings. The smallest absolute Gasteiger partial charge is 0.254 e. The maximum atomic E-state index is 13.1. The molecule has 0 atom stereocenters. The third-order valence-electron chi connectivity index (χ3n) is 4.81. The van der Waals surface area contributed by atoms with E-state index in [4.69, 9.17) is 4.74 Å². The highest BCUT2D eigenvalue weighted by molar-refractivity contribution is 5.95. The van der Waals surface area contributed by atoms with Crippen LogP contribution in [0.15, 0.2) is 53.3 Å². The topological polar surface area (TPSA) is 82.6 Å². The van der Waals surface area contributed by atoms with Crippen molar-refractivity contribution in [1.82, 2.24) is 9.88 Å². The summed E-state index contributed by atoms with van der Waals surface area (Å²) in [6, 6.07) is 14.7. The third-order valence-corrected chi connectivity index (χ3v) is 4.81. The Labute approximate surface area is 169 Å². The minimum Gasteiger partial charge on any atom is -0.494 e. The number of ether oxygens (including phenoxy) is 1. The number of pyridine rings is 1. The van der Waals surface area contributed by atoms with Crippen molar-refractivity contribution in [3.05, 3.63) is 75.6 Å². The molecule has 29 heavy (non-hydrogen) atoms. The van der Waals surface area contributed by atoms with Crippen molar-refractivity contribution in [3.8, 4) is 5.75 Å². The van der Waals surface area contributed by atoms with E-state index in [1.807, 2.05) is 50.2 Å². The van der Waals surface area contributed by atoms with E-state index < -0.39 is 0 Å². The standard InChI is InChI=1S/C23H26N2O4/c1-3-29-19-9-10-21-17(14-19)13-18(22(27)24-21)15-25(11-6-12-26)23(28)20-8-5-4-7-16(20)2/h4-5,7-10,13-14,26H,3,6,11-12,15H2,1-2H3,(H,24,27). The Morgan fingerprint density at radius 3 is 2.69 bits per heavy atom. The van der Waals surface area contributed by atoms with Gasteiger partial charge in [0, 0.05) is 35.2 Å². The molecule has 3 rings (SSSR count). The number of hydrogen-bond donors (Lipinski definition) is 2. The molecule has 0 saturated carbocycles. The molecule has 0 spiro atoms.